The lowest BCUT2D eigenvalue weighted by atomic mass is 9.81. The lowest BCUT2D eigenvalue weighted by molar-refractivity contribution is -0.116. The van der Waals surface area contributed by atoms with Crippen molar-refractivity contribution in [2.24, 2.45) is 0 Å². The fourth-order valence-electron chi connectivity index (χ4n) is 5.47. The second-order valence-corrected chi connectivity index (χ2v) is 10.2. The van der Waals surface area contributed by atoms with E-state index in [-0.39, 0.29) is 35.9 Å². The van der Waals surface area contributed by atoms with Crippen LogP contribution in [-0.4, -0.2) is 51.7 Å². The molecule has 2 aliphatic rings. The van der Waals surface area contributed by atoms with E-state index in [0.29, 0.717) is 13.0 Å². The Hall–Kier alpha value is -2.08. The number of hydrogen-bond acceptors (Lipinski definition) is 3. The largest absolute Gasteiger partial charge is 0.373 e. The number of carbonyl (C=O) groups excluding carboxylic acids is 2. The summed E-state index contributed by atoms with van der Waals surface area (Å²) in [6.07, 6.45) is 5.66. The van der Waals surface area contributed by atoms with E-state index in [0.717, 1.165) is 55.3 Å². The Morgan fingerprint density at radius 2 is 1.69 bits per heavy atom. The van der Waals surface area contributed by atoms with Crippen molar-refractivity contribution in [3.05, 3.63) is 29.3 Å². The molecule has 1 spiro atoms. The summed E-state index contributed by atoms with van der Waals surface area (Å²) in [7, 11) is 0. The summed E-state index contributed by atoms with van der Waals surface area (Å²) in [5, 5.41) is 13.9. The number of carbonyl (C=O) groups is 2. The number of urea groups is 1. The molecule has 1 saturated heterocycles. The van der Waals surface area contributed by atoms with Gasteiger partial charge in [0.25, 0.3) is 0 Å². The summed E-state index contributed by atoms with van der Waals surface area (Å²) in [6, 6.07) is 5.97. The zero-order chi connectivity index (χ0) is 23.5. The highest BCUT2D eigenvalue weighted by Gasteiger charge is 2.52. The molecule has 3 rings (SSSR count). The van der Waals surface area contributed by atoms with Crippen molar-refractivity contribution in [2.45, 2.75) is 103 Å². The number of nitrogens with one attached hydrogen (secondary N) is 1. The molecule has 1 unspecified atom stereocenters. The molecule has 0 radical (unpaired) electrons. The van der Waals surface area contributed by atoms with Crippen molar-refractivity contribution in [2.75, 3.05) is 18.4 Å². The zero-order valence-electron chi connectivity index (χ0n) is 20.5. The second-order valence-electron chi connectivity index (χ2n) is 10.2. The summed E-state index contributed by atoms with van der Waals surface area (Å²) < 4.78 is 0. The highest BCUT2D eigenvalue weighted by Crippen LogP contribution is 2.41. The molecule has 1 heterocycles. The van der Waals surface area contributed by atoms with Crippen molar-refractivity contribution < 1.29 is 14.7 Å². The molecule has 1 aliphatic carbocycles. The smallest absolute Gasteiger partial charge is 0.323 e. The first-order chi connectivity index (χ1) is 15.2. The summed E-state index contributed by atoms with van der Waals surface area (Å²) in [5.41, 5.74) is 2.76. The quantitative estimate of drug-likeness (QED) is 0.563. The number of nitrogens with zero attached hydrogens (tertiary/aromatic N) is 2. The van der Waals surface area contributed by atoms with Gasteiger partial charge in [0.1, 0.15) is 12.8 Å². The maximum absolute atomic E-state index is 13.3. The Labute approximate surface area is 193 Å². The number of anilines is 1. The average molecular weight is 444 g/mol. The van der Waals surface area contributed by atoms with Crippen LogP contribution in [-0.2, 0) is 4.79 Å². The number of rotatable bonds is 8. The van der Waals surface area contributed by atoms with Crippen LogP contribution < -0.4 is 5.32 Å². The van der Waals surface area contributed by atoms with Gasteiger partial charge in [-0.1, -0.05) is 78.5 Å². The summed E-state index contributed by atoms with van der Waals surface area (Å²) in [4.78, 5) is 29.8. The van der Waals surface area contributed by atoms with Gasteiger partial charge in [0.05, 0.1) is 5.54 Å². The summed E-state index contributed by atoms with van der Waals surface area (Å²) in [5.74, 6) is 0.386. The van der Waals surface area contributed by atoms with E-state index in [9.17, 15) is 14.7 Å². The fraction of sp³-hybridized carbons (Fsp3) is 0.692. The minimum Gasteiger partial charge on any atom is -0.373 e. The zero-order valence-corrected chi connectivity index (χ0v) is 20.5. The average Bonchev–Trinajstić information content (AvgIpc) is 2.98. The lowest BCUT2D eigenvalue weighted by Gasteiger charge is -2.42. The molecule has 178 valence electrons. The van der Waals surface area contributed by atoms with Crippen LogP contribution in [0.3, 0.4) is 0 Å². The minimum absolute atomic E-state index is 0.0138. The number of para-hydroxylation sites is 1. The third kappa shape index (κ3) is 4.95. The van der Waals surface area contributed by atoms with Gasteiger partial charge in [0.15, 0.2) is 0 Å². The van der Waals surface area contributed by atoms with Gasteiger partial charge < -0.3 is 15.3 Å². The first-order valence-electron chi connectivity index (χ1n) is 12.4. The third-order valence-electron chi connectivity index (χ3n) is 7.07. The van der Waals surface area contributed by atoms with Crippen LogP contribution in [0, 0.1) is 0 Å². The van der Waals surface area contributed by atoms with Crippen LogP contribution in [0.5, 0.6) is 0 Å². The number of hydrogen-bond donors (Lipinski definition) is 2. The summed E-state index contributed by atoms with van der Waals surface area (Å²) in [6.45, 7) is 11.0. The Morgan fingerprint density at radius 3 is 2.22 bits per heavy atom. The van der Waals surface area contributed by atoms with Gasteiger partial charge in [0, 0.05) is 12.2 Å². The number of aliphatic hydroxyl groups excluding tert-OH is 1. The van der Waals surface area contributed by atoms with Gasteiger partial charge in [-0.2, -0.15) is 0 Å². The topological polar surface area (TPSA) is 72.9 Å². The van der Waals surface area contributed by atoms with Gasteiger partial charge in [-0.05, 0) is 42.2 Å². The Kier molecular flexibility index (Phi) is 7.86. The van der Waals surface area contributed by atoms with Gasteiger partial charge in [-0.15, -0.1) is 0 Å². The van der Waals surface area contributed by atoms with E-state index >= 15 is 0 Å². The molecule has 1 atom stereocenters. The van der Waals surface area contributed by atoms with Gasteiger partial charge in [-0.3, -0.25) is 9.69 Å². The molecule has 2 fully saturated rings. The molecule has 6 nitrogen and oxygen atoms in total. The number of benzene rings is 1. The highest BCUT2D eigenvalue weighted by molar-refractivity contribution is 5.96. The molecule has 1 aromatic carbocycles. The third-order valence-corrected chi connectivity index (χ3v) is 7.07. The lowest BCUT2D eigenvalue weighted by Crippen LogP contribution is -2.53. The van der Waals surface area contributed by atoms with Crippen molar-refractivity contribution in [3.63, 3.8) is 0 Å². The first kappa shape index (κ1) is 24.6. The van der Waals surface area contributed by atoms with Crippen molar-refractivity contribution in [1.29, 1.82) is 0 Å². The SMILES string of the molecule is CCCC(O)N1C(=O)N(CC(=O)Nc2c(C(C)C)cccc2C(C)C)CC12CCCCC2. The first-order valence-corrected chi connectivity index (χ1v) is 12.4. The minimum atomic E-state index is -0.784. The standard InChI is InChI=1S/C26H41N3O3/c1-6-11-23(31)29-25(32)28(17-26(29)14-8-7-9-15-26)16-22(30)27-24-20(18(2)3)12-10-13-21(24)19(4)5/h10,12-13,18-19,23,31H,6-9,11,14-17H2,1-5H3,(H,27,30). The predicted molar refractivity (Wildman–Crippen MR) is 129 cm³/mol. The Morgan fingerprint density at radius 1 is 1.09 bits per heavy atom. The van der Waals surface area contributed by atoms with E-state index in [1.54, 1.807) is 9.80 Å². The number of amides is 3. The van der Waals surface area contributed by atoms with Crippen molar-refractivity contribution in [3.8, 4) is 0 Å². The fourth-order valence-corrected chi connectivity index (χ4v) is 5.47. The molecule has 6 heteroatoms. The molecule has 0 bridgehead atoms. The van der Waals surface area contributed by atoms with Crippen LogP contribution >= 0.6 is 0 Å². The van der Waals surface area contributed by atoms with Gasteiger partial charge in [0.2, 0.25) is 5.91 Å². The van der Waals surface area contributed by atoms with Crippen molar-refractivity contribution >= 4 is 17.6 Å². The van der Waals surface area contributed by atoms with Crippen LogP contribution in [0.2, 0.25) is 0 Å². The van der Waals surface area contributed by atoms with Crippen molar-refractivity contribution in [1.82, 2.24) is 9.80 Å². The Balaban J connectivity index is 1.80. The van der Waals surface area contributed by atoms with E-state index in [1.807, 2.05) is 13.0 Å². The molecule has 1 aliphatic heterocycles. The second kappa shape index (κ2) is 10.2. The van der Waals surface area contributed by atoms with E-state index < -0.39 is 6.23 Å². The van der Waals surface area contributed by atoms with Crippen LogP contribution in [0.4, 0.5) is 10.5 Å². The molecule has 32 heavy (non-hydrogen) atoms. The van der Waals surface area contributed by atoms with Crippen LogP contribution in [0.1, 0.15) is 103 Å². The number of aliphatic hydroxyl groups is 1. The predicted octanol–water partition coefficient (Wildman–Crippen LogP) is 5.43. The molecule has 1 aromatic rings. The van der Waals surface area contributed by atoms with Crippen LogP contribution in [0.15, 0.2) is 18.2 Å². The summed E-state index contributed by atoms with van der Waals surface area (Å²) >= 11 is 0. The molecule has 3 amide bonds. The van der Waals surface area contributed by atoms with E-state index in [4.69, 9.17) is 0 Å². The monoisotopic (exact) mass is 443 g/mol. The van der Waals surface area contributed by atoms with E-state index in [1.165, 1.54) is 0 Å². The molecular weight excluding hydrogens is 402 g/mol. The normalized spacial score (nSPS) is 19.3. The molecular formula is C26H41N3O3. The molecule has 2 N–H and O–H groups in total. The Bertz CT molecular complexity index is 788. The molecule has 1 saturated carbocycles. The van der Waals surface area contributed by atoms with E-state index in [2.05, 4.69) is 45.1 Å². The van der Waals surface area contributed by atoms with Gasteiger partial charge >= 0.3 is 6.03 Å². The maximum atomic E-state index is 13.3. The van der Waals surface area contributed by atoms with Crippen LogP contribution in [0.25, 0.3) is 0 Å². The van der Waals surface area contributed by atoms with Gasteiger partial charge in [-0.25, -0.2) is 4.79 Å². The maximum Gasteiger partial charge on any atom is 0.323 e. The highest BCUT2D eigenvalue weighted by atomic mass is 16.3. The molecule has 0 aromatic heterocycles.